The van der Waals surface area contributed by atoms with Crippen LogP contribution in [0.25, 0.3) is 0 Å². The lowest BCUT2D eigenvalue weighted by atomic mass is 9.97. The minimum Gasteiger partial charge on any atom is -0.494 e. The number of benzene rings is 2. The Morgan fingerprint density at radius 2 is 1.71 bits per heavy atom. The van der Waals surface area contributed by atoms with Crippen molar-refractivity contribution in [3.05, 3.63) is 75.7 Å². The van der Waals surface area contributed by atoms with Crippen LogP contribution in [0.5, 0.6) is 11.5 Å². The molecular weight excluding hydrogens is 504 g/mol. The second-order valence-electron chi connectivity index (χ2n) is 9.20. The minimum absolute atomic E-state index is 0.00119. The van der Waals surface area contributed by atoms with Crippen LogP contribution in [0.15, 0.2) is 53.9 Å². The summed E-state index contributed by atoms with van der Waals surface area (Å²) >= 11 is 1.42. The van der Waals surface area contributed by atoms with Gasteiger partial charge in [-0.25, -0.2) is 4.98 Å². The van der Waals surface area contributed by atoms with Gasteiger partial charge in [-0.1, -0.05) is 6.07 Å². The fourth-order valence-electron chi connectivity index (χ4n) is 4.18. The molecule has 1 aliphatic rings. The van der Waals surface area contributed by atoms with Crippen LogP contribution in [-0.4, -0.2) is 53.4 Å². The topological polar surface area (TPSA) is 110 Å². The lowest BCUT2D eigenvalue weighted by molar-refractivity contribution is 0.0712. The molecule has 3 amide bonds. The van der Waals surface area contributed by atoms with Crippen molar-refractivity contribution >= 4 is 29.1 Å². The molecule has 4 rings (SSSR count). The van der Waals surface area contributed by atoms with Crippen molar-refractivity contribution in [2.24, 2.45) is 0 Å². The van der Waals surface area contributed by atoms with E-state index in [1.54, 1.807) is 41.8 Å². The van der Waals surface area contributed by atoms with Gasteiger partial charge in [0.25, 0.3) is 17.7 Å². The van der Waals surface area contributed by atoms with Gasteiger partial charge >= 0.3 is 0 Å². The largest absolute Gasteiger partial charge is 0.494 e. The van der Waals surface area contributed by atoms with E-state index in [1.807, 2.05) is 37.8 Å². The Kier molecular flexibility index (Phi) is 8.96. The molecule has 2 N–H and O–H groups in total. The third kappa shape index (κ3) is 6.89. The van der Waals surface area contributed by atoms with Gasteiger partial charge in [-0.2, -0.15) is 0 Å². The fraction of sp³-hybridized carbons (Fsp3) is 0.357. The smallest absolute Gasteiger partial charge is 0.289 e. The summed E-state index contributed by atoms with van der Waals surface area (Å²) in [6.07, 6.45) is 1.61. The lowest BCUT2D eigenvalue weighted by Gasteiger charge is -2.31. The molecule has 0 radical (unpaired) electrons. The Labute approximate surface area is 226 Å². The predicted molar refractivity (Wildman–Crippen MR) is 145 cm³/mol. The average molecular weight is 537 g/mol. The monoisotopic (exact) mass is 536 g/mol. The van der Waals surface area contributed by atoms with Crippen molar-refractivity contribution < 1.29 is 23.9 Å². The van der Waals surface area contributed by atoms with Gasteiger partial charge in [0.1, 0.15) is 17.2 Å². The number of hydrogen-bond acceptors (Lipinski definition) is 7. The Hall–Kier alpha value is -3.92. The van der Waals surface area contributed by atoms with E-state index in [1.165, 1.54) is 11.3 Å². The third-order valence-electron chi connectivity index (χ3n) is 6.06. The van der Waals surface area contributed by atoms with Gasteiger partial charge in [-0.15, -0.1) is 11.3 Å². The van der Waals surface area contributed by atoms with E-state index in [0.717, 1.165) is 23.6 Å². The van der Waals surface area contributed by atoms with E-state index >= 15 is 0 Å². The maximum absolute atomic E-state index is 12.9. The molecule has 1 saturated heterocycles. The molecule has 0 spiro atoms. The van der Waals surface area contributed by atoms with Crippen LogP contribution in [0, 0.1) is 0 Å². The summed E-state index contributed by atoms with van der Waals surface area (Å²) in [5.41, 5.74) is 6.10. The first-order chi connectivity index (χ1) is 18.3. The van der Waals surface area contributed by atoms with Crippen LogP contribution in [0.2, 0.25) is 0 Å². The standard InChI is InChI=1S/C28H32N4O5S/c1-4-36-23-7-5-6-21(16-23)25(33)30-31-26(34)24-17-38-27(29-24)19-12-14-32(15-13-19)28(35)20-8-10-22(11-9-20)37-18(2)3/h5-11,16-19H,4,12-15H2,1-3H3,(H,30,33)(H,31,34). The highest BCUT2D eigenvalue weighted by Gasteiger charge is 2.27. The lowest BCUT2D eigenvalue weighted by Crippen LogP contribution is -2.41. The summed E-state index contributed by atoms with van der Waals surface area (Å²) < 4.78 is 11.1. The molecule has 0 atom stereocenters. The second kappa shape index (κ2) is 12.6. The Bertz CT molecular complexity index is 1270. The van der Waals surface area contributed by atoms with E-state index in [4.69, 9.17) is 9.47 Å². The van der Waals surface area contributed by atoms with Gasteiger partial charge in [0.15, 0.2) is 0 Å². The summed E-state index contributed by atoms with van der Waals surface area (Å²) in [5, 5.41) is 2.54. The van der Waals surface area contributed by atoms with E-state index in [9.17, 15) is 14.4 Å². The van der Waals surface area contributed by atoms with E-state index < -0.39 is 11.8 Å². The highest BCUT2D eigenvalue weighted by molar-refractivity contribution is 7.09. The Morgan fingerprint density at radius 1 is 1.00 bits per heavy atom. The van der Waals surface area contributed by atoms with Crippen molar-refractivity contribution in [3.63, 3.8) is 0 Å². The normalized spacial score (nSPS) is 13.7. The number of hydrogen-bond donors (Lipinski definition) is 2. The molecular formula is C28H32N4O5S. The zero-order valence-electron chi connectivity index (χ0n) is 21.7. The van der Waals surface area contributed by atoms with Crippen LogP contribution in [0.1, 0.15) is 75.7 Å². The molecule has 0 aliphatic carbocycles. The van der Waals surface area contributed by atoms with Crippen LogP contribution in [-0.2, 0) is 0 Å². The molecule has 38 heavy (non-hydrogen) atoms. The molecule has 0 saturated carbocycles. The fourth-order valence-corrected chi connectivity index (χ4v) is 5.15. The first-order valence-corrected chi connectivity index (χ1v) is 13.6. The molecule has 1 fully saturated rings. The number of hydrazine groups is 1. The molecule has 9 nitrogen and oxygen atoms in total. The minimum atomic E-state index is -0.487. The number of rotatable bonds is 8. The average Bonchev–Trinajstić information content (AvgIpc) is 3.42. The molecule has 3 aromatic rings. The zero-order chi connectivity index (χ0) is 27.1. The van der Waals surface area contributed by atoms with Gasteiger partial charge < -0.3 is 14.4 Å². The van der Waals surface area contributed by atoms with Crippen LogP contribution in [0.4, 0.5) is 0 Å². The zero-order valence-corrected chi connectivity index (χ0v) is 22.5. The van der Waals surface area contributed by atoms with Gasteiger partial charge in [-0.3, -0.25) is 25.2 Å². The molecule has 1 aromatic heterocycles. The Balaban J connectivity index is 1.27. The van der Waals surface area contributed by atoms with Crippen LogP contribution >= 0.6 is 11.3 Å². The third-order valence-corrected chi connectivity index (χ3v) is 7.06. The molecule has 10 heteroatoms. The van der Waals surface area contributed by atoms with Crippen molar-refractivity contribution in [2.75, 3.05) is 19.7 Å². The van der Waals surface area contributed by atoms with Crippen molar-refractivity contribution in [3.8, 4) is 11.5 Å². The quantitative estimate of drug-likeness (QED) is 0.413. The number of nitrogens with one attached hydrogen (secondary N) is 2. The van der Waals surface area contributed by atoms with Gasteiger partial charge in [0, 0.05) is 35.5 Å². The first kappa shape index (κ1) is 27.1. The molecule has 200 valence electrons. The second-order valence-corrected chi connectivity index (χ2v) is 10.1. The number of thiazole rings is 1. The summed E-state index contributed by atoms with van der Waals surface area (Å²) in [6, 6.07) is 14.0. The summed E-state index contributed by atoms with van der Waals surface area (Å²) in [7, 11) is 0. The SMILES string of the molecule is CCOc1cccc(C(=O)NNC(=O)c2csc(C3CCN(C(=O)c4ccc(OC(C)C)cc4)CC3)n2)c1. The summed E-state index contributed by atoms with van der Waals surface area (Å²) in [6.45, 7) is 7.51. The first-order valence-electron chi connectivity index (χ1n) is 12.7. The maximum Gasteiger partial charge on any atom is 0.289 e. The number of piperidine rings is 1. The number of aromatic nitrogens is 1. The molecule has 2 aromatic carbocycles. The number of nitrogens with zero attached hydrogens (tertiary/aromatic N) is 2. The van der Waals surface area contributed by atoms with Crippen molar-refractivity contribution in [2.45, 2.75) is 45.6 Å². The molecule has 2 heterocycles. The number of carbonyl (C=O) groups excluding carboxylic acids is 3. The van der Waals surface area contributed by atoms with E-state index in [0.29, 0.717) is 36.6 Å². The van der Waals surface area contributed by atoms with Gasteiger partial charge in [0.2, 0.25) is 0 Å². The number of ether oxygens (including phenoxy) is 2. The van der Waals surface area contributed by atoms with Crippen LogP contribution < -0.4 is 20.3 Å². The number of amides is 3. The molecule has 0 unspecified atom stereocenters. The van der Waals surface area contributed by atoms with Crippen LogP contribution in [0.3, 0.4) is 0 Å². The highest BCUT2D eigenvalue weighted by atomic mass is 32.1. The summed E-state index contributed by atoms with van der Waals surface area (Å²) in [5.74, 6) is 0.560. The Morgan fingerprint density at radius 3 is 2.39 bits per heavy atom. The summed E-state index contributed by atoms with van der Waals surface area (Å²) in [4.78, 5) is 44.2. The van der Waals surface area contributed by atoms with Gasteiger partial charge in [-0.05, 0) is 76.1 Å². The molecule has 0 bridgehead atoms. The predicted octanol–water partition coefficient (Wildman–Crippen LogP) is 4.42. The van der Waals surface area contributed by atoms with Crippen molar-refractivity contribution in [1.82, 2.24) is 20.7 Å². The van der Waals surface area contributed by atoms with Gasteiger partial charge in [0.05, 0.1) is 17.7 Å². The highest BCUT2D eigenvalue weighted by Crippen LogP contribution is 2.31. The van der Waals surface area contributed by atoms with E-state index in [2.05, 4.69) is 15.8 Å². The number of carbonyl (C=O) groups is 3. The maximum atomic E-state index is 12.9. The van der Waals surface area contributed by atoms with Crippen molar-refractivity contribution in [1.29, 1.82) is 0 Å². The number of likely N-dealkylation sites (tertiary alicyclic amines) is 1. The van der Waals surface area contributed by atoms with E-state index in [-0.39, 0.29) is 23.6 Å². The molecule has 1 aliphatic heterocycles.